The highest BCUT2D eigenvalue weighted by Crippen LogP contribution is 2.23. The van der Waals surface area contributed by atoms with Crippen LogP contribution >= 0.6 is 0 Å². The number of anilines is 1. The largest absolute Gasteiger partial charge is 0.416 e. The molecule has 3 rings (SSSR count). The quantitative estimate of drug-likeness (QED) is 0.696. The number of benzene rings is 2. The first kappa shape index (κ1) is 14.8. The standard InChI is InChI=1S/C17H14N2O4/c1-11-7-9-13(10-8-11)18-19-14-15(20)22-17(23-16(14)21)12-5-3-2-4-6-12/h2-10,17-18H,1H3. The van der Waals surface area contributed by atoms with Crippen molar-refractivity contribution in [1.82, 2.24) is 0 Å². The molecule has 1 aliphatic heterocycles. The number of hydrogen-bond acceptors (Lipinski definition) is 6. The van der Waals surface area contributed by atoms with Gasteiger partial charge in [-0.15, -0.1) is 0 Å². The highest BCUT2D eigenvalue weighted by molar-refractivity contribution is 6.63. The summed E-state index contributed by atoms with van der Waals surface area (Å²) < 4.78 is 10.2. The van der Waals surface area contributed by atoms with Gasteiger partial charge in [-0.3, -0.25) is 5.43 Å². The molecule has 0 saturated carbocycles. The molecular weight excluding hydrogens is 296 g/mol. The van der Waals surface area contributed by atoms with Crippen LogP contribution in [-0.2, 0) is 19.1 Å². The van der Waals surface area contributed by atoms with Crippen LogP contribution in [0.5, 0.6) is 0 Å². The summed E-state index contributed by atoms with van der Waals surface area (Å²) in [5, 5.41) is 3.79. The fourth-order valence-electron chi connectivity index (χ4n) is 2.00. The van der Waals surface area contributed by atoms with Gasteiger partial charge in [-0.1, -0.05) is 48.0 Å². The zero-order valence-corrected chi connectivity index (χ0v) is 12.4. The highest BCUT2D eigenvalue weighted by Gasteiger charge is 2.36. The van der Waals surface area contributed by atoms with Gasteiger partial charge in [0.15, 0.2) is 0 Å². The molecule has 0 amide bonds. The van der Waals surface area contributed by atoms with Gasteiger partial charge in [0.1, 0.15) is 0 Å². The molecule has 0 unspecified atom stereocenters. The summed E-state index contributed by atoms with van der Waals surface area (Å²) >= 11 is 0. The summed E-state index contributed by atoms with van der Waals surface area (Å²) in [7, 11) is 0. The number of esters is 2. The van der Waals surface area contributed by atoms with Gasteiger partial charge in [-0.25, -0.2) is 9.59 Å². The number of cyclic esters (lactones) is 2. The molecule has 1 N–H and O–H groups in total. The average Bonchev–Trinajstić information content (AvgIpc) is 2.56. The molecule has 0 bridgehead atoms. The summed E-state index contributed by atoms with van der Waals surface area (Å²) in [6.45, 7) is 1.95. The molecule has 1 saturated heterocycles. The van der Waals surface area contributed by atoms with E-state index in [-0.39, 0.29) is 0 Å². The fraction of sp³-hybridized carbons (Fsp3) is 0.118. The van der Waals surface area contributed by atoms with Gasteiger partial charge in [-0.2, -0.15) is 5.10 Å². The first-order valence-electron chi connectivity index (χ1n) is 7.01. The van der Waals surface area contributed by atoms with Crippen LogP contribution in [-0.4, -0.2) is 17.7 Å². The third-order valence-electron chi connectivity index (χ3n) is 3.23. The smallest absolute Gasteiger partial charge is 0.369 e. The Hall–Kier alpha value is -3.15. The predicted molar refractivity (Wildman–Crippen MR) is 83.6 cm³/mol. The predicted octanol–water partition coefficient (Wildman–Crippen LogP) is 2.56. The van der Waals surface area contributed by atoms with Crippen molar-refractivity contribution < 1.29 is 19.1 Å². The number of hydrogen-bond donors (Lipinski definition) is 1. The lowest BCUT2D eigenvalue weighted by Gasteiger charge is -2.23. The molecule has 6 heteroatoms. The number of hydrazone groups is 1. The maximum atomic E-state index is 12.0. The number of nitrogens with zero attached hydrogens (tertiary/aromatic N) is 1. The van der Waals surface area contributed by atoms with Crippen LogP contribution in [0.2, 0.25) is 0 Å². The lowest BCUT2D eigenvalue weighted by atomic mass is 10.2. The molecule has 2 aromatic carbocycles. The molecule has 0 aromatic heterocycles. The second-order valence-electron chi connectivity index (χ2n) is 4.99. The van der Waals surface area contributed by atoms with E-state index in [1.54, 1.807) is 36.4 Å². The normalized spacial score (nSPS) is 17.3. The summed E-state index contributed by atoms with van der Waals surface area (Å²) in [4.78, 5) is 23.9. The summed E-state index contributed by atoms with van der Waals surface area (Å²) in [5.74, 6) is -1.65. The third kappa shape index (κ3) is 3.37. The molecule has 1 aliphatic rings. The van der Waals surface area contributed by atoms with Crippen molar-refractivity contribution in [3.63, 3.8) is 0 Å². The molecule has 23 heavy (non-hydrogen) atoms. The number of nitrogens with one attached hydrogen (secondary N) is 1. The topological polar surface area (TPSA) is 77.0 Å². The first-order chi connectivity index (χ1) is 11.1. The molecule has 0 atom stereocenters. The van der Waals surface area contributed by atoms with Crippen LogP contribution in [0.1, 0.15) is 17.4 Å². The van der Waals surface area contributed by atoms with E-state index in [1.165, 1.54) is 0 Å². The van der Waals surface area contributed by atoms with Crippen molar-refractivity contribution in [2.45, 2.75) is 13.2 Å². The van der Waals surface area contributed by atoms with E-state index >= 15 is 0 Å². The summed E-state index contributed by atoms with van der Waals surface area (Å²) in [6.07, 6.45) is -1.05. The van der Waals surface area contributed by atoms with E-state index in [4.69, 9.17) is 9.47 Å². The van der Waals surface area contributed by atoms with E-state index in [9.17, 15) is 9.59 Å². The molecule has 2 aromatic rings. The Morgan fingerprint density at radius 1 is 0.913 bits per heavy atom. The molecular formula is C17H14N2O4. The van der Waals surface area contributed by atoms with Gasteiger partial charge >= 0.3 is 11.9 Å². The van der Waals surface area contributed by atoms with Crippen molar-refractivity contribution in [3.8, 4) is 0 Å². The Morgan fingerprint density at radius 2 is 1.52 bits per heavy atom. The van der Waals surface area contributed by atoms with E-state index in [0.717, 1.165) is 5.56 Å². The van der Waals surface area contributed by atoms with Gasteiger partial charge < -0.3 is 9.47 Å². The SMILES string of the molecule is Cc1ccc(NN=C2C(=O)OC(c3ccccc3)OC2=O)cc1. The van der Waals surface area contributed by atoms with Gasteiger partial charge in [0.2, 0.25) is 0 Å². The van der Waals surface area contributed by atoms with Crippen molar-refractivity contribution in [1.29, 1.82) is 0 Å². The fourth-order valence-corrected chi connectivity index (χ4v) is 2.00. The molecule has 0 spiro atoms. The minimum absolute atomic E-state index is 0.419. The number of carbonyl (C=O) groups is 2. The molecule has 6 nitrogen and oxygen atoms in total. The lowest BCUT2D eigenvalue weighted by Crippen LogP contribution is -2.37. The Balaban J connectivity index is 1.73. The van der Waals surface area contributed by atoms with Crippen LogP contribution in [0.3, 0.4) is 0 Å². The second kappa shape index (κ2) is 6.31. The maximum Gasteiger partial charge on any atom is 0.369 e. The molecule has 1 heterocycles. The van der Waals surface area contributed by atoms with Crippen molar-refractivity contribution in [2.75, 3.05) is 5.43 Å². The zero-order chi connectivity index (χ0) is 16.2. The average molecular weight is 310 g/mol. The van der Waals surface area contributed by atoms with Crippen LogP contribution in [0.25, 0.3) is 0 Å². The second-order valence-corrected chi connectivity index (χ2v) is 4.99. The molecule has 1 fully saturated rings. The minimum Gasteiger partial charge on any atom is -0.416 e. The van der Waals surface area contributed by atoms with Gasteiger partial charge in [0.05, 0.1) is 5.69 Å². The summed E-state index contributed by atoms with van der Waals surface area (Å²) in [6, 6.07) is 16.1. The van der Waals surface area contributed by atoms with Gasteiger partial charge in [-0.05, 0) is 19.1 Å². The monoisotopic (exact) mass is 310 g/mol. The Labute approximate surface area is 132 Å². The van der Waals surface area contributed by atoms with E-state index < -0.39 is 23.9 Å². The van der Waals surface area contributed by atoms with Gasteiger partial charge in [0, 0.05) is 5.56 Å². The first-order valence-corrected chi connectivity index (χ1v) is 7.01. The summed E-state index contributed by atoms with van der Waals surface area (Å²) in [5.41, 5.74) is 4.54. The van der Waals surface area contributed by atoms with Gasteiger partial charge in [0.25, 0.3) is 12.0 Å². The number of aryl methyl sites for hydroxylation is 1. The van der Waals surface area contributed by atoms with Crippen LogP contribution < -0.4 is 5.43 Å². The third-order valence-corrected chi connectivity index (χ3v) is 3.23. The van der Waals surface area contributed by atoms with Crippen molar-refractivity contribution in [3.05, 3.63) is 65.7 Å². The highest BCUT2D eigenvalue weighted by atomic mass is 16.7. The van der Waals surface area contributed by atoms with E-state index in [0.29, 0.717) is 11.3 Å². The Morgan fingerprint density at radius 3 is 2.13 bits per heavy atom. The van der Waals surface area contributed by atoms with Crippen molar-refractivity contribution in [2.24, 2.45) is 5.10 Å². The Bertz CT molecular complexity index is 734. The molecule has 116 valence electrons. The number of ether oxygens (including phenoxy) is 2. The number of rotatable bonds is 3. The molecule has 0 aliphatic carbocycles. The van der Waals surface area contributed by atoms with Crippen LogP contribution in [0.15, 0.2) is 59.7 Å². The van der Waals surface area contributed by atoms with E-state index in [2.05, 4.69) is 10.5 Å². The molecule has 0 radical (unpaired) electrons. The van der Waals surface area contributed by atoms with Crippen molar-refractivity contribution >= 4 is 23.3 Å². The number of carbonyl (C=O) groups excluding carboxylic acids is 2. The lowest BCUT2D eigenvalue weighted by molar-refractivity contribution is -0.188. The van der Waals surface area contributed by atoms with E-state index in [1.807, 2.05) is 25.1 Å². The maximum absolute atomic E-state index is 12.0. The van der Waals surface area contributed by atoms with Crippen LogP contribution in [0, 0.1) is 6.92 Å². The minimum atomic E-state index is -1.05. The van der Waals surface area contributed by atoms with Crippen LogP contribution in [0.4, 0.5) is 5.69 Å². The Kier molecular flexibility index (Phi) is 4.05. The zero-order valence-electron chi connectivity index (χ0n) is 12.4.